The molecular formula is C14H20N4O2. The minimum Gasteiger partial charge on any atom is -0.444 e. The third-order valence-corrected chi connectivity index (χ3v) is 2.29. The van der Waals surface area contributed by atoms with Crippen molar-refractivity contribution in [2.45, 2.75) is 26.4 Å². The molecule has 4 N–H and O–H groups in total. The molecule has 1 amide bonds. The summed E-state index contributed by atoms with van der Waals surface area (Å²) in [7, 11) is 0. The Hall–Kier alpha value is -2.42. The summed E-state index contributed by atoms with van der Waals surface area (Å²) in [6.45, 7) is 6.39. The third-order valence-electron chi connectivity index (χ3n) is 2.29. The highest BCUT2D eigenvalue weighted by Crippen LogP contribution is 2.16. The van der Waals surface area contributed by atoms with Crippen LogP contribution < -0.4 is 16.4 Å². The molecule has 0 radical (unpaired) electrons. The van der Waals surface area contributed by atoms with Gasteiger partial charge in [-0.15, -0.1) is 0 Å². The average Bonchev–Trinajstić information content (AvgIpc) is 2.33. The van der Waals surface area contributed by atoms with Crippen LogP contribution in [-0.2, 0) is 4.74 Å². The molecule has 0 bridgehead atoms. The molecular weight excluding hydrogens is 256 g/mol. The molecule has 0 aliphatic rings. The van der Waals surface area contributed by atoms with E-state index in [0.29, 0.717) is 24.3 Å². The van der Waals surface area contributed by atoms with E-state index in [0.717, 1.165) is 5.69 Å². The molecule has 6 heteroatoms. The minimum atomic E-state index is -0.501. The molecule has 1 rings (SSSR count). The lowest BCUT2D eigenvalue weighted by molar-refractivity contribution is 0.0530. The first-order valence-corrected chi connectivity index (χ1v) is 6.32. The molecule has 1 aromatic carbocycles. The zero-order chi connectivity index (χ0) is 15.2. The molecule has 0 heterocycles. The summed E-state index contributed by atoms with van der Waals surface area (Å²) in [5.74, 6) is 0. The van der Waals surface area contributed by atoms with Crippen LogP contribution in [-0.4, -0.2) is 24.8 Å². The lowest BCUT2D eigenvalue weighted by Gasteiger charge is -2.19. The second-order valence-electron chi connectivity index (χ2n) is 5.27. The summed E-state index contributed by atoms with van der Waals surface area (Å²) in [6.07, 6.45) is -0.446. The Balaban J connectivity index is 2.33. The van der Waals surface area contributed by atoms with Gasteiger partial charge in [-0.2, -0.15) is 5.26 Å². The summed E-state index contributed by atoms with van der Waals surface area (Å²) < 4.78 is 5.11. The van der Waals surface area contributed by atoms with E-state index in [9.17, 15) is 4.79 Å². The summed E-state index contributed by atoms with van der Waals surface area (Å²) >= 11 is 0. The Kier molecular flexibility index (Phi) is 5.21. The van der Waals surface area contributed by atoms with Gasteiger partial charge in [-0.3, -0.25) is 0 Å². The van der Waals surface area contributed by atoms with Gasteiger partial charge in [-0.25, -0.2) is 4.79 Å². The standard InChI is InChI=1S/C14H20N4O2/c1-14(2,3)20-13(19)18-7-6-17-11-5-4-10(9-15)12(16)8-11/h4-5,8,17H,6-7,16H2,1-3H3,(H,18,19). The largest absolute Gasteiger partial charge is 0.444 e. The average molecular weight is 276 g/mol. The highest BCUT2D eigenvalue weighted by Gasteiger charge is 2.15. The number of nitrogen functional groups attached to an aromatic ring is 1. The summed E-state index contributed by atoms with van der Waals surface area (Å²) in [5.41, 5.74) is 6.87. The van der Waals surface area contributed by atoms with Crippen molar-refractivity contribution in [3.63, 3.8) is 0 Å². The van der Waals surface area contributed by atoms with Crippen LogP contribution in [0.25, 0.3) is 0 Å². The van der Waals surface area contributed by atoms with Gasteiger partial charge in [0.25, 0.3) is 0 Å². The van der Waals surface area contributed by atoms with E-state index in [4.69, 9.17) is 15.7 Å². The second kappa shape index (κ2) is 6.66. The number of ether oxygens (including phenoxy) is 1. The number of carbonyl (C=O) groups excluding carboxylic acids is 1. The van der Waals surface area contributed by atoms with Gasteiger partial charge in [0.15, 0.2) is 0 Å². The number of nitriles is 1. The van der Waals surface area contributed by atoms with Crippen LogP contribution in [0.4, 0.5) is 16.2 Å². The molecule has 0 fully saturated rings. The SMILES string of the molecule is CC(C)(C)OC(=O)NCCNc1ccc(C#N)c(N)c1. The van der Waals surface area contributed by atoms with E-state index < -0.39 is 11.7 Å². The Morgan fingerprint density at radius 1 is 1.40 bits per heavy atom. The third kappa shape index (κ3) is 5.48. The van der Waals surface area contributed by atoms with Gasteiger partial charge in [-0.1, -0.05) is 0 Å². The summed E-state index contributed by atoms with van der Waals surface area (Å²) in [4.78, 5) is 11.4. The van der Waals surface area contributed by atoms with E-state index in [2.05, 4.69) is 10.6 Å². The molecule has 0 atom stereocenters. The second-order valence-corrected chi connectivity index (χ2v) is 5.27. The van der Waals surface area contributed by atoms with Crippen LogP contribution in [0, 0.1) is 11.3 Å². The molecule has 0 unspecified atom stereocenters. The molecule has 20 heavy (non-hydrogen) atoms. The number of alkyl carbamates (subject to hydrolysis) is 1. The first-order chi connectivity index (χ1) is 9.31. The minimum absolute atomic E-state index is 0.425. The lowest BCUT2D eigenvalue weighted by Crippen LogP contribution is -2.34. The predicted molar refractivity (Wildman–Crippen MR) is 78.3 cm³/mol. The van der Waals surface area contributed by atoms with Crippen molar-refractivity contribution in [3.05, 3.63) is 23.8 Å². The van der Waals surface area contributed by atoms with Gasteiger partial charge in [0.2, 0.25) is 0 Å². The van der Waals surface area contributed by atoms with Crippen molar-refractivity contribution in [3.8, 4) is 6.07 Å². The molecule has 0 aliphatic carbocycles. The van der Waals surface area contributed by atoms with Crippen LogP contribution in [0.15, 0.2) is 18.2 Å². The number of anilines is 2. The fraction of sp³-hybridized carbons (Fsp3) is 0.429. The number of nitrogens with two attached hydrogens (primary N) is 1. The predicted octanol–water partition coefficient (Wildman–Crippen LogP) is 2.08. The van der Waals surface area contributed by atoms with E-state index in [-0.39, 0.29) is 0 Å². The molecule has 1 aromatic rings. The highest BCUT2D eigenvalue weighted by atomic mass is 16.6. The van der Waals surface area contributed by atoms with E-state index in [1.807, 2.05) is 26.8 Å². The van der Waals surface area contributed by atoms with E-state index in [1.165, 1.54) is 0 Å². The van der Waals surface area contributed by atoms with Gasteiger partial charge in [0.05, 0.1) is 11.3 Å². The van der Waals surface area contributed by atoms with Crippen LogP contribution in [0.1, 0.15) is 26.3 Å². The molecule has 0 aromatic heterocycles. The van der Waals surface area contributed by atoms with Crippen LogP contribution in [0.3, 0.4) is 0 Å². The maximum absolute atomic E-state index is 11.4. The van der Waals surface area contributed by atoms with Gasteiger partial charge in [-0.05, 0) is 39.0 Å². The Morgan fingerprint density at radius 3 is 2.65 bits per heavy atom. The maximum atomic E-state index is 11.4. The number of hydrogen-bond acceptors (Lipinski definition) is 5. The number of nitrogens with zero attached hydrogens (tertiary/aromatic N) is 1. The quantitative estimate of drug-likeness (QED) is 0.577. The molecule has 0 saturated carbocycles. The summed E-state index contributed by atoms with van der Waals surface area (Å²) in [6, 6.07) is 7.10. The fourth-order valence-electron chi connectivity index (χ4n) is 1.46. The van der Waals surface area contributed by atoms with Crippen molar-refractivity contribution in [2.75, 3.05) is 24.1 Å². The highest BCUT2D eigenvalue weighted by molar-refractivity contribution is 5.67. The van der Waals surface area contributed by atoms with Gasteiger partial charge < -0.3 is 21.1 Å². The number of amides is 1. The Morgan fingerprint density at radius 2 is 2.10 bits per heavy atom. The zero-order valence-electron chi connectivity index (χ0n) is 12.0. The van der Waals surface area contributed by atoms with Crippen molar-refractivity contribution in [1.29, 1.82) is 5.26 Å². The molecule has 0 saturated heterocycles. The van der Waals surface area contributed by atoms with Gasteiger partial charge >= 0.3 is 6.09 Å². The molecule has 108 valence electrons. The van der Waals surface area contributed by atoms with E-state index in [1.54, 1.807) is 18.2 Å². The van der Waals surface area contributed by atoms with Crippen LogP contribution in [0.2, 0.25) is 0 Å². The fourth-order valence-corrected chi connectivity index (χ4v) is 1.46. The van der Waals surface area contributed by atoms with E-state index >= 15 is 0 Å². The van der Waals surface area contributed by atoms with Crippen LogP contribution in [0.5, 0.6) is 0 Å². The zero-order valence-corrected chi connectivity index (χ0v) is 12.0. The Bertz CT molecular complexity index is 515. The van der Waals surface area contributed by atoms with Crippen molar-refractivity contribution >= 4 is 17.5 Å². The van der Waals surface area contributed by atoms with Gasteiger partial charge in [0, 0.05) is 18.8 Å². The first kappa shape index (κ1) is 15.6. The Labute approximate surface area is 118 Å². The number of nitrogens with one attached hydrogen (secondary N) is 2. The molecule has 6 nitrogen and oxygen atoms in total. The number of carbonyl (C=O) groups is 1. The first-order valence-electron chi connectivity index (χ1n) is 6.32. The van der Waals surface area contributed by atoms with Gasteiger partial charge in [0.1, 0.15) is 11.7 Å². The maximum Gasteiger partial charge on any atom is 0.407 e. The van der Waals surface area contributed by atoms with Crippen molar-refractivity contribution < 1.29 is 9.53 Å². The topological polar surface area (TPSA) is 100 Å². The normalized spacial score (nSPS) is 10.5. The number of benzene rings is 1. The number of hydrogen-bond donors (Lipinski definition) is 3. The van der Waals surface area contributed by atoms with Crippen molar-refractivity contribution in [2.24, 2.45) is 0 Å². The monoisotopic (exact) mass is 276 g/mol. The number of rotatable bonds is 4. The van der Waals surface area contributed by atoms with Crippen LogP contribution >= 0.6 is 0 Å². The molecule has 0 aliphatic heterocycles. The molecule has 0 spiro atoms. The van der Waals surface area contributed by atoms with Crippen molar-refractivity contribution in [1.82, 2.24) is 5.32 Å². The lowest BCUT2D eigenvalue weighted by atomic mass is 10.2. The summed E-state index contributed by atoms with van der Waals surface area (Å²) in [5, 5.41) is 14.5. The smallest absolute Gasteiger partial charge is 0.407 e.